The lowest BCUT2D eigenvalue weighted by atomic mass is 10.0. The summed E-state index contributed by atoms with van der Waals surface area (Å²) in [4.78, 5) is 27.9. The van der Waals surface area contributed by atoms with E-state index in [1.807, 2.05) is 37.3 Å². The van der Waals surface area contributed by atoms with Crippen LogP contribution in [0.5, 0.6) is 23.0 Å². The Kier molecular flexibility index (Phi) is 6.01. The van der Waals surface area contributed by atoms with Gasteiger partial charge in [-0.1, -0.05) is 35.9 Å². The number of amides is 2. The molecule has 5 rings (SSSR count). The number of hydrogen-bond acceptors (Lipinski definition) is 6. The zero-order valence-corrected chi connectivity index (χ0v) is 19.3. The van der Waals surface area contributed by atoms with Gasteiger partial charge in [0.15, 0.2) is 23.0 Å². The smallest absolute Gasteiger partial charge is 0.251 e. The van der Waals surface area contributed by atoms with Crippen LogP contribution in [0.3, 0.4) is 0 Å². The monoisotopic (exact) mass is 472 g/mol. The molecular weight excluding hydrogens is 448 g/mol. The Hall–Kier alpha value is -4.46. The van der Waals surface area contributed by atoms with E-state index in [-0.39, 0.29) is 25.4 Å². The third-order valence-corrected chi connectivity index (χ3v) is 5.83. The second-order valence-electron chi connectivity index (χ2n) is 8.27. The predicted octanol–water partition coefficient (Wildman–Crippen LogP) is 4.30. The van der Waals surface area contributed by atoms with Gasteiger partial charge in [0.05, 0.1) is 0 Å². The number of hydrogen-bond donors (Lipinski definition) is 1. The van der Waals surface area contributed by atoms with Crippen LogP contribution in [0, 0.1) is 6.92 Å². The molecule has 178 valence electrons. The summed E-state index contributed by atoms with van der Waals surface area (Å²) in [6.45, 7) is 2.29. The Bertz CT molecular complexity index is 1300. The van der Waals surface area contributed by atoms with Crippen molar-refractivity contribution in [3.05, 3.63) is 83.4 Å². The minimum Gasteiger partial charge on any atom is -0.454 e. The first kappa shape index (κ1) is 22.3. The van der Waals surface area contributed by atoms with Gasteiger partial charge in [0.2, 0.25) is 19.5 Å². The highest BCUT2D eigenvalue weighted by Gasteiger charge is 2.28. The summed E-state index contributed by atoms with van der Waals surface area (Å²) < 4.78 is 21.5. The summed E-state index contributed by atoms with van der Waals surface area (Å²) in [5.74, 6) is 1.82. The number of ether oxygens (including phenoxy) is 4. The van der Waals surface area contributed by atoms with Crippen LogP contribution in [0.4, 0.5) is 5.69 Å². The van der Waals surface area contributed by atoms with Gasteiger partial charge in [0.25, 0.3) is 5.91 Å². The molecule has 0 radical (unpaired) electrons. The number of fused-ring (bicyclic) bond motifs is 2. The maximum Gasteiger partial charge on any atom is 0.251 e. The fraction of sp³-hybridized carbons (Fsp3) is 0.185. The van der Waals surface area contributed by atoms with Crippen LogP contribution in [0.2, 0.25) is 0 Å². The molecule has 0 saturated heterocycles. The fourth-order valence-electron chi connectivity index (χ4n) is 3.91. The van der Waals surface area contributed by atoms with Crippen LogP contribution >= 0.6 is 0 Å². The molecule has 0 fully saturated rings. The van der Waals surface area contributed by atoms with E-state index in [2.05, 4.69) is 5.32 Å². The van der Waals surface area contributed by atoms with E-state index in [0.29, 0.717) is 34.2 Å². The van der Waals surface area contributed by atoms with Crippen molar-refractivity contribution in [2.45, 2.75) is 13.0 Å². The molecule has 8 heteroatoms. The van der Waals surface area contributed by atoms with E-state index in [0.717, 1.165) is 11.1 Å². The molecule has 0 aromatic heterocycles. The fourth-order valence-corrected chi connectivity index (χ4v) is 3.91. The molecule has 1 N–H and O–H groups in total. The van der Waals surface area contributed by atoms with E-state index >= 15 is 0 Å². The first-order chi connectivity index (χ1) is 17.0. The third-order valence-electron chi connectivity index (χ3n) is 5.83. The van der Waals surface area contributed by atoms with E-state index in [1.165, 1.54) is 11.0 Å². The van der Waals surface area contributed by atoms with E-state index < -0.39 is 6.04 Å². The number of likely N-dealkylation sites (N-methyl/N-ethyl adjacent to an activating group) is 1. The number of aryl methyl sites for hydroxylation is 1. The van der Waals surface area contributed by atoms with E-state index in [1.54, 1.807) is 43.5 Å². The molecule has 1 unspecified atom stereocenters. The van der Waals surface area contributed by atoms with Gasteiger partial charge in [-0.05, 0) is 48.4 Å². The number of carbonyl (C=O) groups excluding carboxylic acids is 2. The highest BCUT2D eigenvalue weighted by atomic mass is 16.7. The lowest BCUT2D eigenvalue weighted by Crippen LogP contribution is -2.37. The summed E-state index contributed by atoms with van der Waals surface area (Å²) in [6, 6.07) is 17.3. The first-order valence-corrected chi connectivity index (χ1v) is 11.1. The molecule has 1 atom stereocenters. The summed E-state index contributed by atoms with van der Waals surface area (Å²) in [5, 5.41) is 2.90. The molecule has 0 saturated carbocycles. The van der Waals surface area contributed by atoms with Crippen molar-refractivity contribution in [3.8, 4) is 23.0 Å². The molecule has 3 aromatic rings. The number of benzene rings is 3. The van der Waals surface area contributed by atoms with Crippen LogP contribution in [-0.2, 0) is 9.59 Å². The zero-order chi connectivity index (χ0) is 24.4. The van der Waals surface area contributed by atoms with Crippen molar-refractivity contribution in [3.63, 3.8) is 0 Å². The van der Waals surface area contributed by atoms with Crippen molar-refractivity contribution in [1.82, 2.24) is 4.90 Å². The van der Waals surface area contributed by atoms with Gasteiger partial charge in [-0.2, -0.15) is 0 Å². The molecule has 2 aliphatic rings. The molecule has 0 bridgehead atoms. The number of nitrogens with one attached hydrogen (secondary N) is 1. The Balaban J connectivity index is 1.37. The van der Waals surface area contributed by atoms with Crippen LogP contribution in [0.15, 0.2) is 66.7 Å². The summed E-state index contributed by atoms with van der Waals surface area (Å²) in [7, 11) is 1.61. The number of rotatable bonds is 6. The van der Waals surface area contributed by atoms with Gasteiger partial charge in [-0.3, -0.25) is 9.59 Å². The third kappa shape index (κ3) is 4.77. The average Bonchev–Trinajstić information content (AvgIpc) is 3.52. The second kappa shape index (κ2) is 9.42. The van der Waals surface area contributed by atoms with Gasteiger partial charge < -0.3 is 29.2 Å². The molecule has 2 aliphatic heterocycles. The molecule has 8 nitrogen and oxygen atoms in total. The zero-order valence-electron chi connectivity index (χ0n) is 19.3. The number of carbonyl (C=O) groups is 2. The maximum atomic E-state index is 13.4. The van der Waals surface area contributed by atoms with Crippen molar-refractivity contribution >= 4 is 23.6 Å². The predicted molar refractivity (Wildman–Crippen MR) is 129 cm³/mol. The summed E-state index contributed by atoms with van der Waals surface area (Å²) in [5.41, 5.74) is 3.09. The Labute approximate surface area is 202 Å². The minimum absolute atomic E-state index is 0.145. The first-order valence-electron chi connectivity index (χ1n) is 11.1. The number of nitrogens with zero attached hydrogens (tertiary/aromatic N) is 1. The van der Waals surface area contributed by atoms with Gasteiger partial charge in [0, 0.05) is 24.9 Å². The highest BCUT2D eigenvalue weighted by molar-refractivity contribution is 6.00. The maximum absolute atomic E-state index is 13.4. The standard InChI is InChI=1S/C27H24N2O6/c1-17-3-7-19(8-4-17)26(27(31)28-20-9-11-22-24(14-20)35-16-33-22)29(2)25(30)12-6-18-5-10-21-23(13-18)34-15-32-21/h3-14,26H,15-16H2,1-2H3,(H,28,31)/b12-6-. The Morgan fingerprint density at radius 3 is 2.20 bits per heavy atom. The van der Waals surface area contributed by atoms with Gasteiger partial charge in [0.1, 0.15) is 6.04 Å². The van der Waals surface area contributed by atoms with Crippen LogP contribution in [0.1, 0.15) is 22.7 Å². The summed E-state index contributed by atoms with van der Waals surface area (Å²) >= 11 is 0. The lowest BCUT2D eigenvalue weighted by molar-refractivity contribution is -0.133. The quantitative estimate of drug-likeness (QED) is 0.539. The Morgan fingerprint density at radius 2 is 1.49 bits per heavy atom. The van der Waals surface area contributed by atoms with E-state index in [9.17, 15) is 9.59 Å². The van der Waals surface area contributed by atoms with Crippen molar-refractivity contribution in [1.29, 1.82) is 0 Å². The Morgan fingerprint density at radius 1 is 0.857 bits per heavy atom. The van der Waals surface area contributed by atoms with Crippen LogP contribution in [-0.4, -0.2) is 37.3 Å². The van der Waals surface area contributed by atoms with Crippen molar-refractivity contribution < 1.29 is 28.5 Å². The van der Waals surface area contributed by atoms with E-state index in [4.69, 9.17) is 18.9 Å². The van der Waals surface area contributed by atoms with Gasteiger partial charge in [-0.15, -0.1) is 0 Å². The van der Waals surface area contributed by atoms with Crippen LogP contribution < -0.4 is 24.3 Å². The van der Waals surface area contributed by atoms with Gasteiger partial charge in [-0.25, -0.2) is 0 Å². The largest absolute Gasteiger partial charge is 0.454 e. The number of anilines is 1. The second-order valence-corrected chi connectivity index (χ2v) is 8.27. The molecule has 2 amide bonds. The normalized spacial score (nSPS) is 14.1. The topological polar surface area (TPSA) is 86.3 Å². The molecule has 2 heterocycles. The highest BCUT2D eigenvalue weighted by Crippen LogP contribution is 2.35. The van der Waals surface area contributed by atoms with Crippen molar-refractivity contribution in [2.75, 3.05) is 26.0 Å². The molecule has 0 aliphatic carbocycles. The average molecular weight is 472 g/mol. The SMILES string of the molecule is Cc1ccc(C(C(=O)Nc2ccc3c(c2)OCO3)N(C)C(=O)/C=C\c2ccc3c(c2)OCO3)cc1. The molecular formula is C27H24N2O6. The van der Waals surface area contributed by atoms with Crippen molar-refractivity contribution in [2.24, 2.45) is 0 Å². The molecule has 0 spiro atoms. The summed E-state index contributed by atoms with van der Waals surface area (Å²) in [6.07, 6.45) is 3.12. The molecule has 35 heavy (non-hydrogen) atoms. The minimum atomic E-state index is -0.852. The molecule has 3 aromatic carbocycles. The lowest BCUT2D eigenvalue weighted by Gasteiger charge is -2.27. The van der Waals surface area contributed by atoms with Gasteiger partial charge >= 0.3 is 0 Å². The van der Waals surface area contributed by atoms with Crippen LogP contribution in [0.25, 0.3) is 6.08 Å².